The summed E-state index contributed by atoms with van der Waals surface area (Å²) in [6, 6.07) is 37.4. The van der Waals surface area contributed by atoms with Gasteiger partial charge in [-0.25, -0.2) is 0 Å². The summed E-state index contributed by atoms with van der Waals surface area (Å²) in [4.78, 5) is 75.2. The van der Waals surface area contributed by atoms with Gasteiger partial charge in [0.25, 0.3) is 0 Å². The molecule has 4 aromatic carbocycles. The molecule has 844 valence electrons. The Labute approximate surface area is 925 Å². The van der Waals surface area contributed by atoms with Gasteiger partial charge in [-0.3, -0.25) is 28.8 Å². The maximum atomic E-state index is 13.3. The Morgan fingerprint density at radius 3 is 0.966 bits per heavy atom. The Balaban J connectivity index is -0.000000521. The Hall–Kier alpha value is -3.00. The number of ketones is 6. The molecule has 145 heavy (non-hydrogen) atoms. The number of hydrogen-bond acceptors (Lipinski definition) is 6. The van der Waals surface area contributed by atoms with Crippen LogP contribution < -0.4 is 0 Å². The molecule has 0 bridgehead atoms. The maximum absolute atomic E-state index is 13.3. The molecule has 2 aliphatic carbocycles. The second-order valence-corrected chi connectivity index (χ2v) is 54.8. The standard InChI is InChI=1S/C24H41OS.C21H35OS.C20H32OS.C17H29OS.C16H25OS.C12H26.C11H21OS.6C2H6/c1-3-5-7-9-11-16-20-26(21-17-12-10-8-6-4-2)22-24(25)23-18-14-13-15-19-23;1-7-9-15-23(16-10-8-2)20(21(4,5)6)19(22)18-13-11-17(3)12-14-18;1-2-3-4-5-6-7-8-9-10-14-17-22-18-20(21)19-15-12-11-13-16-19;18-16(15-9-3-1-4-10-15)17(11-5-2-6-12-17)19-13-7-8-14-19;1-3-5-12-18(13-6-4-2)14-16(17)15-10-8-7-9-11-15;1-3-5-7-9-11-12-10-8-6-4-2;1-9(2)10(12)11(3,4)13-7-5-6-8-13;6*1-2/h13-15,18-19H,3-12,16-17,20-22H2,1-2H3;11-14,20H,7-10,15-16H2,1-6H3;11-13,15-16H,2-10,14,17-18H2,1H3;15H,1-14H2;7-11H,3-6,12-14H2,1-2H3;3-12H2,1-2H3;9H,5-8H2,1-4H3;6*1-2H3/q2*+1;;2*+1;;+1;;;;;;/p+1. The second-order valence-electron chi connectivity index (χ2n) is 41.2. The highest BCUT2D eigenvalue weighted by molar-refractivity contribution is 7.99. The van der Waals surface area contributed by atoms with Crippen LogP contribution >= 0.6 is 0 Å². The molecule has 4 aliphatic rings. The summed E-state index contributed by atoms with van der Waals surface area (Å²) in [7, 11) is 1.57. The molecular weight excluding hydrogens is 1890 g/mol. The van der Waals surface area contributed by atoms with Crippen LogP contribution in [-0.2, 0) is 75.8 Å². The first-order valence-electron chi connectivity index (χ1n) is 61.8. The Morgan fingerprint density at radius 2 is 0.634 bits per heavy atom. The average Bonchev–Trinajstić information content (AvgIpc) is 1.77. The first kappa shape index (κ1) is 150. The van der Waals surface area contributed by atoms with Gasteiger partial charge < -0.3 is 0 Å². The van der Waals surface area contributed by atoms with E-state index in [-0.39, 0.29) is 53.7 Å². The van der Waals surface area contributed by atoms with Gasteiger partial charge in [0.2, 0.25) is 23.1 Å². The minimum Gasteiger partial charge on any atom is -0.293 e. The first-order chi connectivity index (χ1) is 70.4. The first-order valence-corrected chi connectivity index (χ1v) is 71.3. The molecule has 6 nitrogen and oxygen atoms in total. The van der Waals surface area contributed by atoms with Crippen LogP contribution in [0.1, 0.15) is 588 Å². The van der Waals surface area contributed by atoms with Gasteiger partial charge in [0.05, 0.1) is 0 Å². The summed E-state index contributed by atoms with van der Waals surface area (Å²) in [6.45, 7) is 61.4. The minimum absolute atomic E-state index is 0.0204. The lowest BCUT2D eigenvalue weighted by Crippen LogP contribution is -2.51. The third-order valence-electron chi connectivity index (χ3n) is 27.2. The molecule has 0 aromatic heterocycles. The lowest BCUT2D eigenvalue weighted by molar-refractivity contribution is -0.127. The summed E-state index contributed by atoms with van der Waals surface area (Å²) >= 11 is 1.29. The summed E-state index contributed by atoms with van der Waals surface area (Å²) in [6.07, 6.45) is 72.6. The van der Waals surface area contributed by atoms with Crippen molar-refractivity contribution in [3.8, 4) is 0 Å². The van der Waals surface area contributed by atoms with Gasteiger partial charge in [-0.1, -0.05) is 519 Å². The van der Waals surface area contributed by atoms with Crippen LogP contribution in [0.25, 0.3) is 0 Å². The van der Waals surface area contributed by atoms with Crippen molar-refractivity contribution in [3.63, 3.8) is 0 Å². The molecule has 12 heteroatoms. The van der Waals surface area contributed by atoms with Gasteiger partial charge in [0.1, 0.15) is 63.3 Å². The van der Waals surface area contributed by atoms with Crippen molar-refractivity contribution >= 4 is 101 Å². The molecular formula is C133H246O6S6+6. The van der Waals surface area contributed by atoms with Crippen LogP contribution in [0.3, 0.4) is 0 Å². The molecule has 8 rings (SSSR count). The zero-order valence-corrected chi connectivity index (χ0v) is 107. The van der Waals surface area contributed by atoms with E-state index in [9.17, 15) is 28.8 Å². The largest absolute Gasteiger partial charge is 0.293 e. The SMILES string of the molecule is CC.CC.CC.CC.CC.CC.CC(C)C(=O)C(C)(C)[S+]1CCCC1.CCCCCCCCCCCC.CCCCCCCCCCCC[SH+]CC(=O)c1ccccc1.CCCCCCCC[S+](CCCCCCCC)CC(=O)c1ccccc1.CCCC[S+](CCCC)C(C(=O)c1ccc(C)cc1)C(C)(C)C.CCCC[S+](CCCC)CC(=O)c1ccccc1.O=C(C1CCCCC1)C1([S+]2CCCC2)CCCCC1. The third kappa shape index (κ3) is 77.1. The van der Waals surface area contributed by atoms with Gasteiger partial charge in [0.15, 0.2) is 43.6 Å². The number of Topliss-reactive ketones (excluding diaryl/α,β-unsaturated/α-hetero) is 6. The average molecular weight is 2130 g/mol. The van der Waals surface area contributed by atoms with E-state index < -0.39 is 0 Å². The Kier molecular flexibility index (Phi) is 112. The van der Waals surface area contributed by atoms with Gasteiger partial charge in [-0.2, -0.15) is 0 Å². The highest BCUT2D eigenvalue weighted by atomic mass is 32.2. The molecule has 1 unspecified atom stereocenters. The van der Waals surface area contributed by atoms with Crippen molar-refractivity contribution in [1.29, 1.82) is 0 Å². The number of carbonyl (C=O) groups is 6. The number of carbonyl (C=O) groups excluding carboxylic acids is 6. The number of aryl methyl sites for hydroxylation is 1. The lowest BCUT2D eigenvalue weighted by atomic mass is 9.76. The van der Waals surface area contributed by atoms with E-state index in [1.165, 1.54) is 427 Å². The van der Waals surface area contributed by atoms with E-state index in [1.807, 2.05) is 200 Å². The van der Waals surface area contributed by atoms with Gasteiger partial charge in [-0.05, 0) is 181 Å². The fourth-order valence-corrected chi connectivity index (χ4v) is 34.2. The molecule has 0 radical (unpaired) electrons. The Bertz CT molecular complexity index is 3360. The molecule has 4 aromatic rings. The predicted molar refractivity (Wildman–Crippen MR) is 678 cm³/mol. The van der Waals surface area contributed by atoms with E-state index in [2.05, 4.69) is 116 Å². The van der Waals surface area contributed by atoms with Crippen LogP contribution in [0.5, 0.6) is 0 Å². The fraction of sp³-hybridized carbons (Fsp3) is 0.774. The number of rotatable bonds is 64. The molecule has 4 fully saturated rings. The number of unbranched alkanes of at least 4 members (excludes halogenated alkanes) is 32. The monoisotopic (exact) mass is 2130 g/mol. The van der Waals surface area contributed by atoms with Gasteiger partial charge >= 0.3 is 0 Å². The lowest BCUT2D eigenvalue weighted by Gasteiger charge is -2.37. The molecule has 2 saturated heterocycles. The van der Waals surface area contributed by atoms with E-state index in [1.54, 1.807) is 0 Å². The molecule has 0 N–H and O–H groups in total. The highest BCUT2D eigenvalue weighted by Crippen LogP contribution is 2.45. The molecule has 2 aliphatic heterocycles. The van der Waals surface area contributed by atoms with Crippen molar-refractivity contribution in [2.75, 3.05) is 80.5 Å². The van der Waals surface area contributed by atoms with Crippen LogP contribution in [0.2, 0.25) is 0 Å². The summed E-state index contributed by atoms with van der Waals surface area (Å²) < 4.78 is 0.113. The molecule has 0 spiro atoms. The second kappa shape index (κ2) is 108. The van der Waals surface area contributed by atoms with E-state index in [4.69, 9.17) is 0 Å². The molecule has 2 saturated carbocycles. The topological polar surface area (TPSA) is 102 Å². The van der Waals surface area contributed by atoms with Crippen LogP contribution in [0.15, 0.2) is 115 Å². The minimum atomic E-state index is -0.0509. The summed E-state index contributed by atoms with van der Waals surface area (Å²) in [5.74, 6) is 19.2. The quantitative estimate of drug-likeness (QED) is 0.0189. The van der Waals surface area contributed by atoms with Crippen molar-refractivity contribution in [1.82, 2.24) is 0 Å². The van der Waals surface area contributed by atoms with Crippen molar-refractivity contribution < 1.29 is 28.8 Å². The summed E-state index contributed by atoms with van der Waals surface area (Å²) in [5.41, 5.74) is 4.76. The van der Waals surface area contributed by atoms with E-state index in [0.717, 1.165) is 39.5 Å². The summed E-state index contributed by atoms with van der Waals surface area (Å²) in [5, 5.41) is 0.142. The fourth-order valence-electron chi connectivity index (χ4n) is 18.8. The van der Waals surface area contributed by atoms with Gasteiger partial charge in [0, 0.05) is 74.1 Å². The Morgan fingerprint density at radius 1 is 0.338 bits per heavy atom. The zero-order valence-electron chi connectivity index (χ0n) is 102. The molecule has 0 amide bonds. The van der Waals surface area contributed by atoms with Crippen LogP contribution in [0.4, 0.5) is 0 Å². The number of thiol groups is 1. The highest BCUT2D eigenvalue weighted by Gasteiger charge is 2.56. The van der Waals surface area contributed by atoms with Crippen molar-refractivity contribution in [3.05, 3.63) is 143 Å². The zero-order chi connectivity index (χ0) is 110. The van der Waals surface area contributed by atoms with Crippen molar-refractivity contribution in [2.24, 2.45) is 17.3 Å². The van der Waals surface area contributed by atoms with Crippen LogP contribution in [-0.4, -0.2) is 130 Å². The smallest absolute Gasteiger partial charge is 0.215 e. The van der Waals surface area contributed by atoms with E-state index >= 15 is 0 Å². The predicted octanol–water partition coefficient (Wildman–Crippen LogP) is 40.4. The number of hydrogen-bond donors (Lipinski definition) is 0. The normalized spacial score (nSPS) is 13.9. The van der Waals surface area contributed by atoms with E-state index in [0.29, 0.717) is 67.5 Å². The third-order valence-corrected chi connectivity index (χ3v) is 42.9. The molecule has 1 atom stereocenters. The molecule has 2 heterocycles. The van der Waals surface area contributed by atoms with Crippen molar-refractivity contribution in [2.45, 2.75) is 562 Å². The number of benzene rings is 4. The maximum Gasteiger partial charge on any atom is 0.215 e. The van der Waals surface area contributed by atoms with Crippen LogP contribution in [0, 0.1) is 24.2 Å². The van der Waals surface area contributed by atoms with Gasteiger partial charge in [-0.15, -0.1) is 0 Å².